The third-order valence-electron chi connectivity index (χ3n) is 4.98. The number of hydrogen-bond donors (Lipinski definition) is 2. The number of rotatable bonds is 5. The number of halogens is 1. The largest absolute Gasteiger partial charge is 0.394 e. The lowest BCUT2D eigenvalue weighted by Crippen LogP contribution is -2.67. The summed E-state index contributed by atoms with van der Waals surface area (Å²) in [5.41, 5.74) is 1.87. The Morgan fingerprint density at radius 1 is 1.22 bits per heavy atom. The Kier molecular flexibility index (Phi) is 5.72. The fraction of sp³-hybridized carbons (Fsp3) is 0.333. The molecule has 3 rings (SSSR count). The Hall–Kier alpha value is -2.91. The van der Waals surface area contributed by atoms with E-state index in [1.165, 1.54) is 11.0 Å². The molecule has 1 aliphatic rings. The number of nitrogens with one attached hydrogen (secondary N) is 1. The van der Waals surface area contributed by atoms with E-state index < -0.39 is 12.1 Å². The Morgan fingerprint density at radius 2 is 1.89 bits per heavy atom. The molecule has 2 aromatic carbocycles. The summed E-state index contributed by atoms with van der Waals surface area (Å²) in [5, 5.41) is 22.3. The minimum absolute atomic E-state index is 0.270. The number of benzene rings is 2. The molecule has 0 saturated carbocycles. The van der Waals surface area contributed by atoms with Crippen molar-refractivity contribution in [3.05, 3.63) is 59.9 Å². The summed E-state index contributed by atoms with van der Waals surface area (Å²) in [6.07, 6.45) is 0.778. The molecule has 0 unspecified atom stereocenters. The summed E-state index contributed by atoms with van der Waals surface area (Å²) in [4.78, 5) is 13.8. The summed E-state index contributed by atoms with van der Waals surface area (Å²) >= 11 is 0. The van der Waals surface area contributed by atoms with Gasteiger partial charge in [0.25, 0.3) is 0 Å². The highest BCUT2D eigenvalue weighted by Crippen LogP contribution is 2.44. The minimum Gasteiger partial charge on any atom is -0.394 e. The van der Waals surface area contributed by atoms with Crippen molar-refractivity contribution in [2.75, 3.05) is 13.2 Å². The molecule has 0 aromatic heterocycles. The van der Waals surface area contributed by atoms with E-state index in [4.69, 9.17) is 0 Å². The van der Waals surface area contributed by atoms with Crippen LogP contribution in [0, 0.1) is 17.1 Å². The number of amides is 2. The molecule has 0 spiro atoms. The average molecular weight is 367 g/mol. The van der Waals surface area contributed by atoms with Gasteiger partial charge in [-0.1, -0.05) is 49.4 Å². The molecule has 0 radical (unpaired) electrons. The van der Waals surface area contributed by atoms with Crippen molar-refractivity contribution in [1.29, 1.82) is 5.26 Å². The normalized spacial score (nSPS) is 21.3. The monoisotopic (exact) mass is 367 g/mol. The van der Waals surface area contributed by atoms with E-state index >= 15 is 0 Å². The molecule has 6 heteroatoms. The van der Waals surface area contributed by atoms with E-state index in [-0.39, 0.29) is 24.4 Å². The first-order valence-corrected chi connectivity index (χ1v) is 9.04. The average Bonchev–Trinajstić information content (AvgIpc) is 2.67. The van der Waals surface area contributed by atoms with Crippen LogP contribution in [-0.2, 0) is 0 Å². The predicted octanol–water partition coefficient (Wildman–Crippen LogP) is 3.26. The number of carbonyl (C=O) groups excluding carboxylic acids is 1. The number of aliphatic hydroxyl groups is 1. The van der Waals surface area contributed by atoms with Crippen molar-refractivity contribution in [2.24, 2.45) is 0 Å². The van der Waals surface area contributed by atoms with Gasteiger partial charge >= 0.3 is 6.03 Å². The zero-order valence-electron chi connectivity index (χ0n) is 15.1. The number of likely N-dealkylation sites (tertiary alicyclic amines) is 1. The first-order chi connectivity index (χ1) is 13.1. The smallest absolute Gasteiger partial charge is 0.318 e. The van der Waals surface area contributed by atoms with Crippen LogP contribution in [0.15, 0.2) is 48.5 Å². The third kappa shape index (κ3) is 3.38. The van der Waals surface area contributed by atoms with Crippen LogP contribution in [0.2, 0.25) is 0 Å². The topological polar surface area (TPSA) is 76.4 Å². The van der Waals surface area contributed by atoms with Gasteiger partial charge in [0.1, 0.15) is 11.9 Å². The van der Waals surface area contributed by atoms with Crippen LogP contribution < -0.4 is 5.32 Å². The molecule has 0 bridgehead atoms. The van der Waals surface area contributed by atoms with Crippen LogP contribution in [0.25, 0.3) is 11.1 Å². The van der Waals surface area contributed by atoms with Crippen LogP contribution in [0.4, 0.5) is 9.18 Å². The van der Waals surface area contributed by atoms with Gasteiger partial charge < -0.3 is 15.3 Å². The van der Waals surface area contributed by atoms with Crippen molar-refractivity contribution in [1.82, 2.24) is 10.2 Å². The third-order valence-corrected chi connectivity index (χ3v) is 4.98. The molecular weight excluding hydrogens is 345 g/mol. The molecule has 3 atom stereocenters. The first-order valence-electron chi connectivity index (χ1n) is 9.04. The molecule has 2 N–H and O–H groups in total. The van der Waals surface area contributed by atoms with Crippen molar-refractivity contribution in [3.8, 4) is 17.2 Å². The first kappa shape index (κ1) is 18.9. The summed E-state index contributed by atoms with van der Waals surface area (Å²) in [6, 6.07) is 14.3. The molecule has 1 heterocycles. The SMILES string of the molecule is CCCNC(=O)N1[C@H](C#N)[C@H](c2ccccc2-c2ccccc2F)[C@@H]1CO. The molecule has 1 saturated heterocycles. The summed E-state index contributed by atoms with van der Waals surface area (Å²) in [6.45, 7) is 2.17. The number of hydrogen-bond acceptors (Lipinski definition) is 3. The minimum atomic E-state index is -0.716. The quantitative estimate of drug-likeness (QED) is 0.852. The van der Waals surface area contributed by atoms with Crippen molar-refractivity contribution < 1.29 is 14.3 Å². The number of nitriles is 1. The molecule has 1 aliphatic heterocycles. The van der Waals surface area contributed by atoms with Crippen LogP contribution in [0.3, 0.4) is 0 Å². The van der Waals surface area contributed by atoms with Gasteiger partial charge in [0.15, 0.2) is 0 Å². The molecule has 5 nitrogen and oxygen atoms in total. The Bertz CT molecular complexity index is 865. The van der Waals surface area contributed by atoms with E-state index in [1.807, 2.05) is 25.1 Å². The maximum atomic E-state index is 14.4. The van der Waals surface area contributed by atoms with Gasteiger partial charge in [0.2, 0.25) is 0 Å². The van der Waals surface area contributed by atoms with Crippen LogP contribution in [-0.4, -0.2) is 41.3 Å². The van der Waals surface area contributed by atoms with E-state index in [2.05, 4.69) is 11.4 Å². The van der Waals surface area contributed by atoms with Gasteiger partial charge in [0.05, 0.1) is 18.7 Å². The Labute approximate surface area is 158 Å². The fourth-order valence-corrected chi connectivity index (χ4v) is 3.70. The summed E-state index contributed by atoms with van der Waals surface area (Å²) in [5.74, 6) is -0.737. The molecular formula is C21H22FN3O2. The lowest BCUT2D eigenvalue weighted by Gasteiger charge is -2.51. The van der Waals surface area contributed by atoms with Gasteiger partial charge in [-0.05, 0) is 23.6 Å². The molecule has 1 fully saturated rings. The molecule has 27 heavy (non-hydrogen) atoms. The number of nitrogens with zero attached hydrogens (tertiary/aromatic N) is 2. The van der Waals surface area contributed by atoms with E-state index in [1.54, 1.807) is 24.3 Å². The van der Waals surface area contributed by atoms with Gasteiger partial charge in [0, 0.05) is 18.0 Å². The number of carbonyl (C=O) groups is 1. The van der Waals surface area contributed by atoms with Crippen LogP contribution in [0.5, 0.6) is 0 Å². The lowest BCUT2D eigenvalue weighted by molar-refractivity contribution is 0.0171. The van der Waals surface area contributed by atoms with Crippen LogP contribution in [0.1, 0.15) is 24.8 Å². The van der Waals surface area contributed by atoms with Gasteiger partial charge in [-0.3, -0.25) is 0 Å². The fourth-order valence-electron chi connectivity index (χ4n) is 3.70. The van der Waals surface area contributed by atoms with Crippen LogP contribution >= 0.6 is 0 Å². The molecule has 2 amide bonds. The molecule has 0 aliphatic carbocycles. The highest BCUT2D eigenvalue weighted by Gasteiger charge is 2.52. The van der Waals surface area contributed by atoms with Crippen molar-refractivity contribution >= 4 is 6.03 Å². The second kappa shape index (κ2) is 8.19. The second-order valence-corrected chi connectivity index (χ2v) is 6.56. The maximum Gasteiger partial charge on any atom is 0.318 e. The Morgan fingerprint density at radius 3 is 2.52 bits per heavy atom. The molecule has 2 aromatic rings. The molecule has 140 valence electrons. The zero-order chi connectivity index (χ0) is 19.4. The van der Waals surface area contributed by atoms with E-state index in [0.29, 0.717) is 17.7 Å². The van der Waals surface area contributed by atoms with E-state index in [0.717, 1.165) is 12.0 Å². The highest BCUT2D eigenvalue weighted by atomic mass is 19.1. The maximum absolute atomic E-state index is 14.4. The van der Waals surface area contributed by atoms with E-state index in [9.17, 15) is 19.6 Å². The second-order valence-electron chi connectivity index (χ2n) is 6.56. The zero-order valence-corrected chi connectivity index (χ0v) is 15.1. The standard InChI is InChI=1S/C21H22FN3O2/c1-2-11-24-21(27)25-18(12-23)20(19(25)13-26)16-9-4-3-7-14(16)15-8-5-6-10-17(15)22/h3-10,18-20,26H,2,11,13H2,1H3,(H,24,27)/t18-,19+,20+/m1/s1. The number of urea groups is 1. The summed E-state index contributed by atoms with van der Waals surface area (Å²) in [7, 11) is 0. The van der Waals surface area contributed by atoms with Gasteiger partial charge in [-0.2, -0.15) is 5.26 Å². The van der Waals surface area contributed by atoms with Crippen molar-refractivity contribution in [3.63, 3.8) is 0 Å². The number of aliphatic hydroxyl groups excluding tert-OH is 1. The predicted molar refractivity (Wildman–Crippen MR) is 100 cm³/mol. The van der Waals surface area contributed by atoms with Gasteiger partial charge in [-0.25, -0.2) is 9.18 Å². The van der Waals surface area contributed by atoms with Crippen molar-refractivity contribution in [2.45, 2.75) is 31.3 Å². The Balaban J connectivity index is 1.99. The summed E-state index contributed by atoms with van der Waals surface area (Å²) < 4.78 is 14.4. The highest BCUT2D eigenvalue weighted by molar-refractivity contribution is 5.78. The van der Waals surface area contributed by atoms with Gasteiger partial charge in [-0.15, -0.1) is 0 Å². The lowest BCUT2D eigenvalue weighted by atomic mass is 9.73.